The first-order valence-electron chi connectivity index (χ1n) is 13.7. The molecule has 0 bridgehead atoms. The molecule has 0 aliphatic heterocycles. The molecule has 3 atom stereocenters. The second-order valence-corrected chi connectivity index (χ2v) is 10.3. The summed E-state index contributed by atoms with van der Waals surface area (Å²) in [7, 11) is 0. The molecule has 0 aliphatic rings. The van der Waals surface area contributed by atoms with E-state index in [2.05, 4.69) is 21.3 Å². The van der Waals surface area contributed by atoms with Crippen LogP contribution in [0.25, 0.3) is 0 Å². The van der Waals surface area contributed by atoms with Crippen LogP contribution in [0.5, 0.6) is 0 Å². The monoisotopic (exact) mass is 581 g/mol. The molecule has 12 nitrogen and oxygen atoms in total. The van der Waals surface area contributed by atoms with E-state index in [0.29, 0.717) is 18.4 Å². The molecule has 226 valence electrons. The van der Waals surface area contributed by atoms with Gasteiger partial charge in [0.15, 0.2) is 0 Å². The summed E-state index contributed by atoms with van der Waals surface area (Å²) in [6.07, 6.45) is 0.0701. The number of carbonyl (C=O) groups is 6. The first-order chi connectivity index (χ1) is 19.9. The lowest BCUT2D eigenvalue weighted by molar-refractivity contribution is -0.141. The molecule has 0 fully saturated rings. The van der Waals surface area contributed by atoms with Gasteiger partial charge >= 0.3 is 5.97 Å². The van der Waals surface area contributed by atoms with Crippen molar-refractivity contribution in [2.75, 3.05) is 6.54 Å². The summed E-state index contributed by atoms with van der Waals surface area (Å²) in [5, 5.41) is 19.3. The van der Waals surface area contributed by atoms with Crippen LogP contribution in [-0.4, -0.2) is 65.3 Å². The Morgan fingerprint density at radius 1 is 0.738 bits per heavy atom. The molecule has 0 radical (unpaired) electrons. The van der Waals surface area contributed by atoms with E-state index in [-0.39, 0.29) is 18.8 Å². The maximum Gasteiger partial charge on any atom is 0.305 e. The van der Waals surface area contributed by atoms with Crippen molar-refractivity contribution in [1.82, 2.24) is 21.3 Å². The van der Waals surface area contributed by atoms with Crippen molar-refractivity contribution in [1.29, 1.82) is 0 Å². The molecule has 0 aromatic heterocycles. The van der Waals surface area contributed by atoms with E-state index in [9.17, 15) is 33.9 Å². The SMILES string of the molecule is CC(C)C[C@H](NC(=O)CNC(=O)[C@H](Cc1ccccc1)NC(=O)[C@H](CC(=O)O)NC(=O)CCc1ccccc1)C(N)=O. The first-order valence-corrected chi connectivity index (χ1v) is 13.7. The summed E-state index contributed by atoms with van der Waals surface area (Å²) in [6.45, 7) is 3.24. The highest BCUT2D eigenvalue weighted by molar-refractivity contribution is 5.95. The largest absolute Gasteiger partial charge is 0.481 e. The van der Waals surface area contributed by atoms with Crippen molar-refractivity contribution < 1.29 is 33.9 Å². The van der Waals surface area contributed by atoms with Gasteiger partial charge in [0.25, 0.3) is 0 Å². The number of rotatable bonds is 17. The van der Waals surface area contributed by atoms with Crippen LogP contribution in [0.3, 0.4) is 0 Å². The number of carboxylic acid groups (broad SMARTS) is 1. The van der Waals surface area contributed by atoms with Gasteiger partial charge in [-0.05, 0) is 29.9 Å². The Bertz CT molecular complexity index is 1220. The topological polar surface area (TPSA) is 197 Å². The number of carbonyl (C=O) groups excluding carboxylic acids is 5. The zero-order chi connectivity index (χ0) is 31.1. The van der Waals surface area contributed by atoms with Crippen molar-refractivity contribution in [3.8, 4) is 0 Å². The van der Waals surface area contributed by atoms with Gasteiger partial charge in [0.2, 0.25) is 29.5 Å². The average molecular weight is 582 g/mol. The van der Waals surface area contributed by atoms with Gasteiger partial charge in [-0.2, -0.15) is 0 Å². The van der Waals surface area contributed by atoms with Crippen LogP contribution in [0.2, 0.25) is 0 Å². The van der Waals surface area contributed by atoms with Crippen molar-refractivity contribution in [3.63, 3.8) is 0 Å². The average Bonchev–Trinajstić information content (AvgIpc) is 2.94. The summed E-state index contributed by atoms with van der Waals surface area (Å²) in [5.41, 5.74) is 6.96. The molecular weight excluding hydrogens is 542 g/mol. The number of aryl methyl sites for hydroxylation is 1. The summed E-state index contributed by atoms with van der Waals surface area (Å²) in [6, 6.07) is 14.4. The smallest absolute Gasteiger partial charge is 0.305 e. The maximum absolute atomic E-state index is 13.2. The molecule has 7 N–H and O–H groups in total. The Kier molecular flexibility index (Phi) is 13.7. The number of primary amides is 1. The van der Waals surface area contributed by atoms with Gasteiger partial charge in [-0.25, -0.2) is 0 Å². The van der Waals surface area contributed by atoms with Gasteiger partial charge in [-0.1, -0.05) is 74.5 Å². The van der Waals surface area contributed by atoms with Crippen LogP contribution in [0, 0.1) is 5.92 Å². The van der Waals surface area contributed by atoms with Gasteiger partial charge in [0.1, 0.15) is 18.1 Å². The fourth-order valence-electron chi connectivity index (χ4n) is 4.14. The second kappa shape index (κ2) is 17.2. The third-order valence-electron chi connectivity index (χ3n) is 6.24. The summed E-state index contributed by atoms with van der Waals surface area (Å²) >= 11 is 0. The number of aliphatic carboxylic acids is 1. The van der Waals surface area contributed by atoms with Crippen molar-refractivity contribution in [2.24, 2.45) is 11.7 Å². The van der Waals surface area contributed by atoms with E-state index in [0.717, 1.165) is 5.56 Å². The lowest BCUT2D eigenvalue weighted by Crippen LogP contribution is -2.56. The second-order valence-electron chi connectivity index (χ2n) is 10.3. The molecule has 12 heteroatoms. The van der Waals surface area contributed by atoms with Crippen LogP contribution in [0.4, 0.5) is 0 Å². The minimum atomic E-state index is -1.44. The number of hydrogen-bond acceptors (Lipinski definition) is 6. The number of nitrogens with two attached hydrogens (primary N) is 1. The number of amides is 5. The number of nitrogens with one attached hydrogen (secondary N) is 4. The lowest BCUT2D eigenvalue weighted by atomic mass is 10.0. The highest BCUT2D eigenvalue weighted by Gasteiger charge is 2.29. The lowest BCUT2D eigenvalue weighted by Gasteiger charge is -2.23. The predicted octanol–water partition coefficient (Wildman–Crippen LogP) is 0.439. The van der Waals surface area contributed by atoms with E-state index in [1.54, 1.807) is 30.3 Å². The molecule has 2 aromatic rings. The van der Waals surface area contributed by atoms with E-state index in [4.69, 9.17) is 5.73 Å². The van der Waals surface area contributed by atoms with Gasteiger partial charge in [0.05, 0.1) is 13.0 Å². The fraction of sp³-hybridized carbons (Fsp3) is 0.400. The highest BCUT2D eigenvalue weighted by atomic mass is 16.4. The molecule has 0 spiro atoms. The Labute approximate surface area is 244 Å². The van der Waals surface area contributed by atoms with Crippen LogP contribution < -0.4 is 27.0 Å². The number of benzene rings is 2. The van der Waals surface area contributed by atoms with Gasteiger partial charge in [-0.3, -0.25) is 28.8 Å². The molecule has 0 aliphatic carbocycles. The minimum Gasteiger partial charge on any atom is -0.481 e. The zero-order valence-electron chi connectivity index (χ0n) is 23.8. The normalized spacial score (nSPS) is 12.8. The Morgan fingerprint density at radius 3 is 1.86 bits per heavy atom. The molecule has 0 heterocycles. The standard InChI is InChI=1S/C30H39N5O7/c1-19(2)15-22(28(31)40)33-26(37)18-32-29(41)23(16-21-11-7-4-8-12-21)35-30(42)24(17-27(38)39)34-25(36)14-13-20-9-5-3-6-10-20/h3-12,19,22-24H,13-18H2,1-2H3,(H2,31,40)(H,32,41)(H,33,37)(H,34,36)(H,35,42)(H,38,39)/t22-,23-,24-/m0/s1. The third kappa shape index (κ3) is 12.6. The van der Waals surface area contributed by atoms with Gasteiger partial charge in [-0.15, -0.1) is 0 Å². The molecule has 2 aromatic carbocycles. The molecule has 0 saturated heterocycles. The molecular formula is C30H39N5O7. The quantitative estimate of drug-likeness (QED) is 0.156. The van der Waals surface area contributed by atoms with Gasteiger partial charge in [0, 0.05) is 12.8 Å². The summed E-state index contributed by atoms with van der Waals surface area (Å²) < 4.78 is 0. The number of hydrogen-bond donors (Lipinski definition) is 6. The summed E-state index contributed by atoms with van der Waals surface area (Å²) in [4.78, 5) is 74.4. The molecule has 2 rings (SSSR count). The highest BCUT2D eigenvalue weighted by Crippen LogP contribution is 2.07. The first kappa shape index (κ1) is 33.5. The number of carboxylic acids is 1. The fourth-order valence-corrected chi connectivity index (χ4v) is 4.14. The molecule has 0 saturated carbocycles. The minimum absolute atomic E-state index is 0.0268. The van der Waals surface area contributed by atoms with E-state index >= 15 is 0 Å². The van der Waals surface area contributed by atoms with Gasteiger partial charge < -0.3 is 32.1 Å². The van der Waals surface area contributed by atoms with Crippen molar-refractivity contribution in [3.05, 3.63) is 71.8 Å². The zero-order valence-corrected chi connectivity index (χ0v) is 23.8. The van der Waals surface area contributed by atoms with E-state index in [1.807, 2.05) is 44.2 Å². The Morgan fingerprint density at radius 2 is 1.31 bits per heavy atom. The van der Waals surface area contributed by atoms with Crippen LogP contribution in [-0.2, 0) is 41.6 Å². The molecule has 42 heavy (non-hydrogen) atoms. The van der Waals surface area contributed by atoms with Crippen LogP contribution in [0.15, 0.2) is 60.7 Å². The van der Waals surface area contributed by atoms with E-state index in [1.165, 1.54) is 0 Å². The Balaban J connectivity index is 2.09. The Hall–Kier alpha value is -4.74. The molecule has 5 amide bonds. The summed E-state index contributed by atoms with van der Waals surface area (Å²) in [5.74, 6) is -4.68. The van der Waals surface area contributed by atoms with Crippen molar-refractivity contribution in [2.45, 2.75) is 64.1 Å². The third-order valence-corrected chi connectivity index (χ3v) is 6.24. The van der Waals surface area contributed by atoms with Crippen LogP contribution in [0.1, 0.15) is 44.2 Å². The maximum atomic E-state index is 13.2. The van der Waals surface area contributed by atoms with E-state index < -0.39 is 66.6 Å². The predicted molar refractivity (Wildman–Crippen MR) is 155 cm³/mol. The van der Waals surface area contributed by atoms with Crippen LogP contribution >= 0.6 is 0 Å². The molecule has 0 unspecified atom stereocenters. The van der Waals surface area contributed by atoms with Crippen molar-refractivity contribution >= 4 is 35.5 Å².